The lowest BCUT2D eigenvalue weighted by atomic mass is 9.33. The lowest BCUT2D eigenvalue weighted by molar-refractivity contribution is -0.378. The summed E-state index contributed by atoms with van der Waals surface area (Å²) in [6.07, 6.45) is -17.7. The average molecular weight is 959 g/mol. The average Bonchev–Trinajstić information content (AvgIpc) is 3.27. The molecule has 3 aliphatic heterocycles. The number of allylic oxidation sites excluding steroid dienone is 2. The zero-order chi connectivity index (χ0) is 49.1. The first-order valence-electron chi connectivity index (χ1n) is 24.4. The SMILES string of the molecule is CC1(C)CC[C@@]2(C(=O)O[C@@H]3O[C@H](CO)[C@@H](O)[C@H](O)[C@H]3O)C(C1)C1=CCC3[C@@]4(C)CC[C@@H](O[C@@H]5O[C@H](CO)[C@@H](O)[C@H](O)[C@H]5O[C@@H]5O[C@H](CO)[C@@H](O)[C@H](O)[C@H]5O)C(C)(C)C4CC[C@@]3(C)[C@]1(C)C[C@H]2O. The first-order valence-corrected chi connectivity index (χ1v) is 24.4. The third-order valence-corrected chi connectivity index (χ3v) is 19.3. The quantitative estimate of drug-likeness (QED) is 0.0758. The second-order valence-electron chi connectivity index (χ2n) is 23.6. The lowest BCUT2D eigenvalue weighted by Gasteiger charge is -2.71. The highest BCUT2D eigenvalue weighted by Gasteiger charge is 2.72. The Bertz CT molecular complexity index is 1830. The predicted octanol–water partition coefficient (Wildman–Crippen LogP) is -0.889. The van der Waals surface area contributed by atoms with E-state index in [2.05, 4.69) is 54.5 Å². The summed E-state index contributed by atoms with van der Waals surface area (Å²) in [5.41, 5.74) is -2.13. The summed E-state index contributed by atoms with van der Waals surface area (Å²) >= 11 is 0. The number of aliphatic hydroxyl groups excluding tert-OH is 12. The molecule has 24 atom stereocenters. The number of carbonyl (C=O) groups is 1. The third kappa shape index (κ3) is 8.01. The van der Waals surface area contributed by atoms with E-state index in [0.29, 0.717) is 32.1 Å². The summed E-state index contributed by atoms with van der Waals surface area (Å²) in [4.78, 5) is 14.7. The Morgan fingerprint density at radius 2 is 1.16 bits per heavy atom. The molecule has 7 fully saturated rings. The molecule has 0 aromatic heterocycles. The Morgan fingerprint density at radius 3 is 1.76 bits per heavy atom. The normalized spacial score (nSPS) is 53.8. The van der Waals surface area contributed by atoms with Crippen LogP contribution in [0, 0.1) is 50.2 Å². The van der Waals surface area contributed by atoms with Gasteiger partial charge >= 0.3 is 5.97 Å². The molecule has 0 aromatic rings. The maximum Gasteiger partial charge on any atom is 0.317 e. The van der Waals surface area contributed by atoms with Gasteiger partial charge in [0.15, 0.2) is 12.6 Å². The van der Waals surface area contributed by atoms with Gasteiger partial charge in [-0.3, -0.25) is 4.79 Å². The summed E-state index contributed by atoms with van der Waals surface area (Å²) in [5, 5.41) is 128. The number of hydrogen-bond donors (Lipinski definition) is 12. The van der Waals surface area contributed by atoms with Gasteiger partial charge in [-0.1, -0.05) is 60.1 Å². The number of ether oxygens (including phenoxy) is 6. The highest BCUT2D eigenvalue weighted by molar-refractivity contribution is 5.80. The van der Waals surface area contributed by atoms with Gasteiger partial charge in [-0.25, -0.2) is 0 Å². The molecule has 4 saturated carbocycles. The maximum atomic E-state index is 14.7. The molecular formula is C48H78O19. The van der Waals surface area contributed by atoms with Crippen molar-refractivity contribution in [2.24, 2.45) is 50.2 Å². The Morgan fingerprint density at radius 1 is 0.612 bits per heavy atom. The zero-order valence-electron chi connectivity index (χ0n) is 39.8. The van der Waals surface area contributed by atoms with E-state index in [4.69, 9.17) is 28.4 Å². The Kier molecular flexibility index (Phi) is 14.1. The summed E-state index contributed by atoms with van der Waals surface area (Å²) in [6.45, 7) is 13.5. The number of hydrogen-bond acceptors (Lipinski definition) is 19. The second-order valence-corrected chi connectivity index (χ2v) is 23.6. The van der Waals surface area contributed by atoms with Crippen molar-refractivity contribution in [1.82, 2.24) is 0 Å². The van der Waals surface area contributed by atoms with Gasteiger partial charge in [-0.2, -0.15) is 0 Å². The third-order valence-electron chi connectivity index (χ3n) is 19.3. The van der Waals surface area contributed by atoms with E-state index in [0.717, 1.165) is 24.8 Å². The Hall–Kier alpha value is -1.47. The summed E-state index contributed by atoms with van der Waals surface area (Å²) in [5.74, 6) is -0.945. The van der Waals surface area contributed by atoms with Crippen molar-refractivity contribution in [3.8, 4) is 0 Å². The molecule has 3 unspecified atom stereocenters. The van der Waals surface area contributed by atoms with Crippen molar-refractivity contribution in [2.45, 2.75) is 211 Å². The van der Waals surface area contributed by atoms with Crippen LogP contribution in [0.25, 0.3) is 0 Å². The molecule has 8 rings (SSSR count). The minimum Gasteiger partial charge on any atom is -0.432 e. The summed E-state index contributed by atoms with van der Waals surface area (Å²) in [7, 11) is 0. The van der Waals surface area contributed by atoms with Crippen LogP contribution in [0.15, 0.2) is 11.6 Å². The highest BCUT2D eigenvalue weighted by atomic mass is 16.8. The fourth-order valence-corrected chi connectivity index (χ4v) is 15.1. The standard InChI is InChI=1S/C48H78O19/c1-43(2)14-15-48(42(61)67-40-37(60)34(57)31(54)24(19-50)63-40)22(16-43)21-8-9-27-45(5)12-11-29(44(3,4)26(45)10-13-46(27,6)47(21,7)17-28(48)52)65-41-38(35(58)32(55)25(20-51)64-41)66-39-36(59)33(56)30(53)23(18-49)62-39/h8,22-41,49-60H,9-20H2,1-7H3/t22?,23-,24-,25-,26?,27?,28-,29-,30-,31-,32-,33+,34+,35+,36-,37-,38-,39+,40+,41+,45+,46-,47-,48-/m1/s1. The van der Waals surface area contributed by atoms with E-state index in [1.54, 1.807) is 0 Å². The highest BCUT2D eigenvalue weighted by Crippen LogP contribution is 2.76. The molecule has 3 heterocycles. The van der Waals surface area contributed by atoms with Gasteiger partial charge in [0.05, 0.1) is 32.0 Å². The fourth-order valence-electron chi connectivity index (χ4n) is 15.1. The van der Waals surface area contributed by atoms with Crippen molar-refractivity contribution in [3.05, 3.63) is 11.6 Å². The van der Waals surface area contributed by atoms with E-state index < -0.39 is 152 Å². The minimum absolute atomic E-state index is 0.0858. The molecule has 0 amide bonds. The van der Waals surface area contributed by atoms with Gasteiger partial charge in [-0.15, -0.1) is 0 Å². The zero-order valence-corrected chi connectivity index (χ0v) is 39.8. The molecule has 384 valence electrons. The number of aliphatic hydroxyl groups is 12. The van der Waals surface area contributed by atoms with Gasteiger partial charge in [0.1, 0.15) is 78.7 Å². The van der Waals surface area contributed by atoms with Crippen LogP contribution in [-0.2, 0) is 33.2 Å². The van der Waals surface area contributed by atoms with E-state index in [1.807, 2.05) is 0 Å². The smallest absolute Gasteiger partial charge is 0.317 e. The molecule has 8 aliphatic rings. The molecule has 5 aliphatic carbocycles. The van der Waals surface area contributed by atoms with Crippen LogP contribution >= 0.6 is 0 Å². The summed E-state index contributed by atoms with van der Waals surface area (Å²) in [6, 6.07) is 0. The molecule has 0 radical (unpaired) electrons. The van der Waals surface area contributed by atoms with Crippen LogP contribution in [0.1, 0.15) is 106 Å². The number of esters is 1. The first-order chi connectivity index (χ1) is 31.3. The molecule has 19 nitrogen and oxygen atoms in total. The van der Waals surface area contributed by atoms with Gasteiger partial charge in [0, 0.05) is 0 Å². The van der Waals surface area contributed by atoms with Gasteiger partial charge < -0.3 is 89.7 Å². The van der Waals surface area contributed by atoms with Crippen molar-refractivity contribution in [1.29, 1.82) is 0 Å². The van der Waals surface area contributed by atoms with Crippen LogP contribution < -0.4 is 0 Å². The van der Waals surface area contributed by atoms with Crippen molar-refractivity contribution >= 4 is 5.97 Å². The maximum absolute atomic E-state index is 14.7. The van der Waals surface area contributed by atoms with Gasteiger partial charge in [0.25, 0.3) is 0 Å². The van der Waals surface area contributed by atoms with Crippen LogP contribution in [0.5, 0.6) is 0 Å². The van der Waals surface area contributed by atoms with Crippen LogP contribution in [0.2, 0.25) is 0 Å². The van der Waals surface area contributed by atoms with Crippen LogP contribution in [0.3, 0.4) is 0 Å². The molecule has 0 bridgehead atoms. The number of fused-ring (bicyclic) bond motifs is 7. The summed E-state index contributed by atoms with van der Waals surface area (Å²) < 4.78 is 36.0. The Balaban J connectivity index is 1.06. The minimum atomic E-state index is -1.80. The largest absolute Gasteiger partial charge is 0.432 e. The second kappa shape index (κ2) is 18.2. The van der Waals surface area contributed by atoms with E-state index >= 15 is 0 Å². The first kappa shape index (κ1) is 51.9. The number of carbonyl (C=O) groups excluding carboxylic acids is 1. The molecule has 0 spiro atoms. The molecular weight excluding hydrogens is 881 g/mol. The topological polar surface area (TPSA) is 315 Å². The number of rotatable bonds is 9. The molecule has 67 heavy (non-hydrogen) atoms. The predicted molar refractivity (Wildman–Crippen MR) is 232 cm³/mol. The van der Waals surface area contributed by atoms with Crippen molar-refractivity contribution in [3.63, 3.8) is 0 Å². The Labute approximate surface area is 392 Å². The monoisotopic (exact) mass is 959 g/mol. The fraction of sp³-hybridized carbons (Fsp3) is 0.938. The van der Waals surface area contributed by atoms with E-state index in [-0.39, 0.29) is 34.5 Å². The molecule has 19 heteroatoms. The van der Waals surface area contributed by atoms with Crippen LogP contribution in [0.4, 0.5) is 0 Å². The van der Waals surface area contributed by atoms with Crippen LogP contribution in [-0.4, -0.2) is 191 Å². The van der Waals surface area contributed by atoms with E-state index in [9.17, 15) is 66.1 Å². The van der Waals surface area contributed by atoms with Crippen molar-refractivity contribution < 1.29 is 94.5 Å². The van der Waals surface area contributed by atoms with Gasteiger partial charge in [-0.05, 0) is 103 Å². The van der Waals surface area contributed by atoms with Crippen molar-refractivity contribution in [2.75, 3.05) is 19.8 Å². The van der Waals surface area contributed by atoms with Gasteiger partial charge in [0.2, 0.25) is 6.29 Å². The van der Waals surface area contributed by atoms with E-state index in [1.165, 1.54) is 0 Å². The molecule has 0 aromatic carbocycles. The molecule has 3 saturated heterocycles. The lowest BCUT2D eigenvalue weighted by Crippen LogP contribution is -2.68. The molecule has 12 N–H and O–H groups in total.